The smallest absolute Gasteiger partial charge is 0.328 e. The SMILES string of the molecule is C#CCNC(C)(C(=O)O)c1ccc(F)cc1F. The summed E-state index contributed by atoms with van der Waals surface area (Å²) >= 11 is 0. The summed E-state index contributed by atoms with van der Waals surface area (Å²) in [6.07, 6.45) is 5.02. The number of terminal acetylenes is 1. The van der Waals surface area contributed by atoms with Crippen LogP contribution in [0.1, 0.15) is 12.5 Å². The Morgan fingerprint density at radius 1 is 1.59 bits per heavy atom. The Hall–Kier alpha value is -1.93. The van der Waals surface area contributed by atoms with Crippen LogP contribution in [0.5, 0.6) is 0 Å². The van der Waals surface area contributed by atoms with Crippen LogP contribution in [-0.4, -0.2) is 17.6 Å². The second-order valence-electron chi connectivity index (χ2n) is 3.61. The lowest BCUT2D eigenvalue weighted by molar-refractivity contribution is -0.144. The van der Waals surface area contributed by atoms with Gasteiger partial charge in [-0.05, 0) is 13.0 Å². The van der Waals surface area contributed by atoms with Gasteiger partial charge in [-0.1, -0.05) is 12.0 Å². The molecule has 0 spiro atoms. The summed E-state index contributed by atoms with van der Waals surface area (Å²) in [6, 6.07) is 2.72. The zero-order chi connectivity index (χ0) is 13.1. The summed E-state index contributed by atoms with van der Waals surface area (Å²) in [5, 5.41) is 11.6. The van der Waals surface area contributed by atoms with Gasteiger partial charge in [0.05, 0.1) is 6.54 Å². The largest absolute Gasteiger partial charge is 0.480 e. The summed E-state index contributed by atoms with van der Waals surface area (Å²) in [4.78, 5) is 11.2. The van der Waals surface area contributed by atoms with Crippen molar-refractivity contribution in [3.63, 3.8) is 0 Å². The number of rotatable bonds is 4. The number of halogens is 2. The third kappa shape index (κ3) is 2.60. The Bertz CT molecular complexity index is 482. The molecule has 1 atom stereocenters. The van der Waals surface area contributed by atoms with Crippen LogP contribution in [0.15, 0.2) is 18.2 Å². The van der Waals surface area contributed by atoms with Gasteiger partial charge in [0.2, 0.25) is 0 Å². The summed E-state index contributed by atoms with van der Waals surface area (Å²) in [5.74, 6) is -0.784. The molecule has 0 aromatic heterocycles. The molecule has 3 nitrogen and oxygen atoms in total. The van der Waals surface area contributed by atoms with Gasteiger partial charge in [-0.15, -0.1) is 6.42 Å². The average molecular weight is 239 g/mol. The first-order valence-electron chi connectivity index (χ1n) is 4.79. The van der Waals surface area contributed by atoms with Crippen LogP contribution < -0.4 is 5.32 Å². The maximum atomic E-state index is 13.5. The van der Waals surface area contributed by atoms with Crippen LogP contribution in [-0.2, 0) is 10.3 Å². The normalized spacial score (nSPS) is 13.8. The molecule has 0 aliphatic rings. The van der Waals surface area contributed by atoms with E-state index in [4.69, 9.17) is 11.5 Å². The van der Waals surface area contributed by atoms with Gasteiger partial charge in [0.25, 0.3) is 0 Å². The van der Waals surface area contributed by atoms with E-state index in [1.54, 1.807) is 0 Å². The molecule has 17 heavy (non-hydrogen) atoms. The monoisotopic (exact) mass is 239 g/mol. The lowest BCUT2D eigenvalue weighted by Crippen LogP contribution is -2.47. The van der Waals surface area contributed by atoms with Gasteiger partial charge in [-0.25, -0.2) is 13.6 Å². The molecule has 1 aromatic carbocycles. The second-order valence-corrected chi connectivity index (χ2v) is 3.61. The van der Waals surface area contributed by atoms with E-state index in [1.165, 1.54) is 6.92 Å². The molecule has 0 radical (unpaired) electrons. The van der Waals surface area contributed by atoms with Gasteiger partial charge in [0.15, 0.2) is 0 Å². The zero-order valence-corrected chi connectivity index (χ0v) is 9.13. The number of carboxylic acid groups (broad SMARTS) is 1. The van der Waals surface area contributed by atoms with E-state index in [9.17, 15) is 13.6 Å². The Balaban J connectivity index is 3.23. The fourth-order valence-corrected chi connectivity index (χ4v) is 1.41. The van der Waals surface area contributed by atoms with Crippen LogP contribution in [0.25, 0.3) is 0 Å². The fraction of sp³-hybridized carbons (Fsp3) is 0.250. The van der Waals surface area contributed by atoms with E-state index >= 15 is 0 Å². The van der Waals surface area contributed by atoms with Gasteiger partial charge in [-0.3, -0.25) is 5.32 Å². The number of aliphatic carboxylic acids is 1. The summed E-state index contributed by atoms with van der Waals surface area (Å²) in [6.45, 7) is 1.22. The number of carbonyl (C=O) groups is 1. The standard InChI is InChI=1S/C12H11F2NO2/c1-3-6-15-12(2,11(16)17)9-5-4-8(13)7-10(9)14/h1,4-5,7,15H,6H2,2H3,(H,16,17). The first kappa shape index (κ1) is 13.1. The van der Waals surface area contributed by atoms with Gasteiger partial charge in [0, 0.05) is 11.6 Å². The van der Waals surface area contributed by atoms with Crippen LogP contribution in [0.3, 0.4) is 0 Å². The number of benzene rings is 1. The van der Waals surface area contributed by atoms with Gasteiger partial charge < -0.3 is 5.11 Å². The molecule has 2 N–H and O–H groups in total. The molecule has 0 saturated carbocycles. The van der Waals surface area contributed by atoms with Crippen molar-refractivity contribution in [2.24, 2.45) is 0 Å². The molecule has 1 aromatic rings. The summed E-state index contributed by atoms with van der Waals surface area (Å²) in [7, 11) is 0. The molecule has 1 unspecified atom stereocenters. The van der Waals surface area contributed by atoms with Crippen molar-refractivity contribution in [3.8, 4) is 12.3 Å². The molecule has 0 aliphatic heterocycles. The Morgan fingerprint density at radius 2 is 2.24 bits per heavy atom. The van der Waals surface area contributed by atoms with Gasteiger partial charge in [0.1, 0.15) is 17.2 Å². The first-order valence-corrected chi connectivity index (χ1v) is 4.79. The quantitative estimate of drug-likeness (QED) is 0.782. The number of hydrogen-bond acceptors (Lipinski definition) is 2. The van der Waals surface area contributed by atoms with Crippen LogP contribution in [0.2, 0.25) is 0 Å². The van der Waals surface area contributed by atoms with Crippen molar-refractivity contribution in [2.45, 2.75) is 12.5 Å². The second kappa shape index (κ2) is 4.93. The van der Waals surface area contributed by atoms with Gasteiger partial charge >= 0.3 is 5.97 Å². The third-order valence-corrected chi connectivity index (χ3v) is 2.44. The minimum absolute atomic E-state index is 0.0420. The fourth-order valence-electron chi connectivity index (χ4n) is 1.41. The topological polar surface area (TPSA) is 49.3 Å². The van der Waals surface area contributed by atoms with Crippen LogP contribution in [0.4, 0.5) is 8.78 Å². The van der Waals surface area contributed by atoms with E-state index in [2.05, 4.69) is 11.2 Å². The maximum absolute atomic E-state index is 13.5. The predicted octanol–water partition coefficient (Wildman–Crippen LogP) is 1.49. The third-order valence-electron chi connectivity index (χ3n) is 2.44. The molecule has 0 aliphatic carbocycles. The molecule has 90 valence electrons. The van der Waals surface area contributed by atoms with Crippen molar-refractivity contribution < 1.29 is 18.7 Å². The Labute approximate surface area is 97.5 Å². The molecular formula is C12H11F2NO2. The number of hydrogen-bond donors (Lipinski definition) is 2. The van der Waals surface area contributed by atoms with E-state index in [0.717, 1.165) is 12.1 Å². The van der Waals surface area contributed by atoms with E-state index < -0.39 is 23.1 Å². The van der Waals surface area contributed by atoms with Crippen molar-refractivity contribution >= 4 is 5.97 Å². The molecule has 0 saturated heterocycles. The first-order chi connectivity index (χ1) is 7.91. The molecule has 5 heteroatoms. The Morgan fingerprint density at radius 3 is 2.71 bits per heavy atom. The van der Waals surface area contributed by atoms with E-state index in [1.807, 2.05) is 0 Å². The van der Waals surface area contributed by atoms with Crippen LogP contribution >= 0.6 is 0 Å². The lowest BCUT2D eigenvalue weighted by Gasteiger charge is -2.26. The highest BCUT2D eigenvalue weighted by Crippen LogP contribution is 2.24. The molecular weight excluding hydrogens is 228 g/mol. The Kier molecular flexibility index (Phi) is 3.81. The summed E-state index contributed by atoms with van der Waals surface area (Å²) in [5.41, 5.74) is -1.86. The van der Waals surface area contributed by atoms with Crippen LogP contribution in [0, 0.1) is 24.0 Å². The highest BCUT2D eigenvalue weighted by atomic mass is 19.1. The van der Waals surface area contributed by atoms with Crippen molar-refractivity contribution in [1.29, 1.82) is 0 Å². The minimum Gasteiger partial charge on any atom is -0.480 e. The summed E-state index contributed by atoms with van der Waals surface area (Å²) < 4.78 is 26.3. The van der Waals surface area contributed by atoms with E-state index in [0.29, 0.717) is 6.07 Å². The molecule has 0 bridgehead atoms. The number of carboxylic acids is 1. The highest BCUT2D eigenvalue weighted by molar-refractivity contribution is 5.80. The highest BCUT2D eigenvalue weighted by Gasteiger charge is 2.36. The number of nitrogens with one attached hydrogen (secondary N) is 1. The van der Waals surface area contributed by atoms with E-state index in [-0.39, 0.29) is 12.1 Å². The molecule has 1 rings (SSSR count). The van der Waals surface area contributed by atoms with Crippen molar-refractivity contribution in [2.75, 3.05) is 6.54 Å². The molecule has 0 amide bonds. The predicted molar refractivity (Wildman–Crippen MR) is 58.2 cm³/mol. The minimum atomic E-state index is -1.69. The zero-order valence-electron chi connectivity index (χ0n) is 9.13. The molecule has 0 fully saturated rings. The lowest BCUT2D eigenvalue weighted by atomic mass is 9.91. The van der Waals surface area contributed by atoms with Gasteiger partial charge in [-0.2, -0.15) is 0 Å². The van der Waals surface area contributed by atoms with Crippen molar-refractivity contribution in [3.05, 3.63) is 35.4 Å². The van der Waals surface area contributed by atoms with Crippen molar-refractivity contribution in [1.82, 2.24) is 5.32 Å². The molecule has 0 heterocycles. The maximum Gasteiger partial charge on any atom is 0.328 e. The average Bonchev–Trinajstić information content (AvgIpc) is 2.25.